The van der Waals surface area contributed by atoms with E-state index in [1.165, 1.54) is 25.2 Å². The standard InChI is InChI=1S/C15H15ClN2O3S/c1-10-7-8-14(12(16)9-10)22(20,21)18-13-6-4-3-5-11(13)15(19)17-2/h3-9,18H,1-2H3,(H,17,19). The molecule has 22 heavy (non-hydrogen) atoms. The minimum atomic E-state index is -3.89. The fourth-order valence-electron chi connectivity index (χ4n) is 1.93. The van der Waals surface area contributed by atoms with Crippen molar-refractivity contribution >= 4 is 33.2 Å². The van der Waals surface area contributed by atoms with Crippen molar-refractivity contribution in [1.82, 2.24) is 5.32 Å². The average molecular weight is 339 g/mol. The van der Waals surface area contributed by atoms with Crippen molar-refractivity contribution in [2.75, 3.05) is 11.8 Å². The maximum atomic E-state index is 12.5. The molecule has 0 aliphatic rings. The third kappa shape index (κ3) is 3.40. The summed E-state index contributed by atoms with van der Waals surface area (Å²) in [5.74, 6) is -0.381. The van der Waals surface area contributed by atoms with Crippen LogP contribution < -0.4 is 10.0 Å². The monoisotopic (exact) mass is 338 g/mol. The van der Waals surface area contributed by atoms with Crippen LogP contribution in [0.2, 0.25) is 5.02 Å². The molecule has 5 nitrogen and oxygen atoms in total. The first-order valence-electron chi connectivity index (χ1n) is 6.45. The molecule has 0 spiro atoms. The Hall–Kier alpha value is -2.05. The normalized spacial score (nSPS) is 11.0. The number of benzene rings is 2. The van der Waals surface area contributed by atoms with E-state index in [-0.39, 0.29) is 27.1 Å². The number of hydrogen-bond donors (Lipinski definition) is 2. The van der Waals surface area contributed by atoms with Gasteiger partial charge in [-0.15, -0.1) is 0 Å². The zero-order valence-electron chi connectivity index (χ0n) is 12.1. The molecule has 0 unspecified atom stereocenters. The van der Waals surface area contributed by atoms with Crippen molar-refractivity contribution in [3.8, 4) is 0 Å². The average Bonchev–Trinajstić information content (AvgIpc) is 2.46. The van der Waals surface area contributed by atoms with Gasteiger partial charge in [0.1, 0.15) is 4.90 Å². The van der Waals surface area contributed by atoms with Crippen LogP contribution in [0.25, 0.3) is 0 Å². The number of sulfonamides is 1. The number of carbonyl (C=O) groups excluding carboxylic acids is 1. The van der Waals surface area contributed by atoms with E-state index in [1.54, 1.807) is 24.3 Å². The second kappa shape index (κ2) is 6.37. The van der Waals surface area contributed by atoms with Crippen molar-refractivity contribution in [3.05, 3.63) is 58.6 Å². The van der Waals surface area contributed by atoms with Gasteiger partial charge in [0.15, 0.2) is 0 Å². The molecule has 7 heteroatoms. The lowest BCUT2D eigenvalue weighted by Crippen LogP contribution is -2.21. The Morgan fingerprint density at radius 1 is 1.14 bits per heavy atom. The van der Waals surface area contributed by atoms with Gasteiger partial charge in [0.2, 0.25) is 0 Å². The van der Waals surface area contributed by atoms with Crippen LogP contribution in [0.5, 0.6) is 0 Å². The molecule has 2 aromatic rings. The summed E-state index contributed by atoms with van der Waals surface area (Å²) in [6.07, 6.45) is 0. The van der Waals surface area contributed by atoms with Crippen molar-refractivity contribution in [1.29, 1.82) is 0 Å². The minimum Gasteiger partial charge on any atom is -0.355 e. The van der Waals surface area contributed by atoms with Gasteiger partial charge in [-0.3, -0.25) is 9.52 Å². The molecular formula is C15H15ClN2O3S. The van der Waals surface area contributed by atoms with E-state index in [4.69, 9.17) is 11.6 Å². The molecule has 0 aliphatic carbocycles. The lowest BCUT2D eigenvalue weighted by atomic mass is 10.2. The van der Waals surface area contributed by atoms with E-state index < -0.39 is 10.0 Å². The van der Waals surface area contributed by atoms with Gasteiger partial charge in [-0.1, -0.05) is 29.8 Å². The predicted molar refractivity (Wildman–Crippen MR) is 86.8 cm³/mol. The summed E-state index contributed by atoms with van der Waals surface area (Å²) in [6.45, 7) is 1.82. The molecule has 0 bridgehead atoms. The summed E-state index contributed by atoms with van der Waals surface area (Å²) in [5.41, 5.74) is 1.28. The van der Waals surface area contributed by atoms with Crippen molar-refractivity contribution in [2.24, 2.45) is 0 Å². The van der Waals surface area contributed by atoms with E-state index in [0.717, 1.165) is 5.56 Å². The van der Waals surface area contributed by atoms with Crippen LogP contribution in [0.3, 0.4) is 0 Å². The molecule has 0 heterocycles. The zero-order valence-corrected chi connectivity index (χ0v) is 13.6. The topological polar surface area (TPSA) is 75.3 Å². The highest BCUT2D eigenvalue weighted by molar-refractivity contribution is 7.92. The number of rotatable bonds is 4. The number of carbonyl (C=O) groups is 1. The summed E-state index contributed by atoms with van der Waals surface area (Å²) in [4.78, 5) is 11.8. The third-order valence-corrected chi connectivity index (χ3v) is 4.87. The van der Waals surface area contributed by atoms with E-state index in [1.807, 2.05) is 6.92 Å². The van der Waals surface area contributed by atoms with Gasteiger partial charge >= 0.3 is 0 Å². The molecular weight excluding hydrogens is 324 g/mol. The van der Waals surface area contributed by atoms with Crippen LogP contribution in [0.1, 0.15) is 15.9 Å². The summed E-state index contributed by atoms with van der Waals surface area (Å²) >= 11 is 6.01. The molecule has 116 valence electrons. The van der Waals surface area contributed by atoms with Crippen LogP contribution in [0.4, 0.5) is 5.69 Å². The number of amides is 1. The van der Waals surface area contributed by atoms with Gasteiger partial charge < -0.3 is 5.32 Å². The van der Waals surface area contributed by atoms with E-state index in [2.05, 4.69) is 10.0 Å². The van der Waals surface area contributed by atoms with E-state index in [0.29, 0.717) is 0 Å². The molecule has 2 N–H and O–H groups in total. The number of halogens is 1. The molecule has 0 atom stereocenters. The van der Waals surface area contributed by atoms with Crippen LogP contribution >= 0.6 is 11.6 Å². The Morgan fingerprint density at radius 3 is 2.45 bits per heavy atom. The first-order valence-corrected chi connectivity index (χ1v) is 8.31. The molecule has 0 saturated heterocycles. The number of aryl methyl sites for hydroxylation is 1. The van der Waals surface area contributed by atoms with Crippen LogP contribution in [-0.4, -0.2) is 21.4 Å². The second-order valence-electron chi connectivity index (χ2n) is 4.66. The summed E-state index contributed by atoms with van der Waals surface area (Å²) in [5, 5.41) is 2.60. The number of nitrogens with one attached hydrogen (secondary N) is 2. The van der Waals surface area contributed by atoms with Gasteiger partial charge in [-0.05, 0) is 36.8 Å². The largest absolute Gasteiger partial charge is 0.355 e. The summed E-state index contributed by atoms with van der Waals surface area (Å²) in [6, 6.07) is 11.0. The Kier molecular flexibility index (Phi) is 4.73. The molecule has 1 amide bonds. The third-order valence-electron chi connectivity index (χ3n) is 3.02. The van der Waals surface area contributed by atoms with Crippen LogP contribution in [0.15, 0.2) is 47.4 Å². The molecule has 0 fully saturated rings. The molecule has 0 radical (unpaired) electrons. The Labute approximate surface area is 134 Å². The number of hydrogen-bond acceptors (Lipinski definition) is 3. The van der Waals surface area contributed by atoms with Crippen molar-refractivity contribution < 1.29 is 13.2 Å². The Morgan fingerprint density at radius 2 is 1.82 bits per heavy atom. The van der Waals surface area contributed by atoms with Crippen molar-refractivity contribution in [3.63, 3.8) is 0 Å². The number of para-hydroxylation sites is 1. The minimum absolute atomic E-state index is 0.0357. The maximum Gasteiger partial charge on any atom is 0.263 e. The van der Waals surface area contributed by atoms with Crippen LogP contribution in [0, 0.1) is 6.92 Å². The Balaban J connectivity index is 2.44. The van der Waals surface area contributed by atoms with Gasteiger partial charge in [0.25, 0.3) is 15.9 Å². The first-order chi connectivity index (χ1) is 10.3. The highest BCUT2D eigenvalue weighted by Gasteiger charge is 2.20. The predicted octanol–water partition coefficient (Wildman–Crippen LogP) is 2.81. The number of anilines is 1. The van der Waals surface area contributed by atoms with Gasteiger partial charge in [0.05, 0.1) is 16.3 Å². The SMILES string of the molecule is CNC(=O)c1ccccc1NS(=O)(=O)c1ccc(C)cc1Cl. The first kappa shape index (κ1) is 16.3. The molecule has 2 aromatic carbocycles. The Bertz CT molecular complexity index is 819. The summed E-state index contributed by atoms with van der Waals surface area (Å²) < 4.78 is 27.3. The lowest BCUT2D eigenvalue weighted by Gasteiger charge is -2.13. The van der Waals surface area contributed by atoms with E-state index in [9.17, 15) is 13.2 Å². The zero-order chi connectivity index (χ0) is 16.3. The van der Waals surface area contributed by atoms with Crippen molar-refractivity contribution in [2.45, 2.75) is 11.8 Å². The van der Waals surface area contributed by atoms with Gasteiger partial charge in [0, 0.05) is 7.05 Å². The molecule has 0 aromatic heterocycles. The lowest BCUT2D eigenvalue weighted by molar-refractivity contribution is 0.0964. The van der Waals surface area contributed by atoms with Gasteiger partial charge in [-0.2, -0.15) is 0 Å². The highest BCUT2D eigenvalue weighted by atomic mass is 35.5. The quantitative estimate of drug-likeness (QED) is 0.900. The molecule has 0 aliphatic heterocycles. The second-order valence-corrected chi connectivity index (χ2v) is 6.72. The highest BCUT2D eigenvalue weighted by Crippen LogP contribution is 2.26. The fourth-order valence-corrected chi connectivity index (χ4v) is 3.61. The smallest absolute Gasteiger partial charge is 0.263 e. The maximum absolute atomic E-state index is 12.5. The summed E-state index contributed by atoms with van der Waals surface area (Å²) in [7, 11) is -2.41. The van der Waals surface area contributed by atoms with E-state index >= 15 is 0 Å². The van der Waals surface area contributed by atoms with Gasteiger partial charge in [-0.25, -0.2) is 8.42 Å². The van der Waals surface area contributed by atoms with Crippen LogP contribution in [-0.2, 0) is 10.0 Å². The molecule has 2 rings (SSSR count). The molecule has 0 saturated carbocycles. The fraction of sp³-hybridized carbons (Fsp3) is 0.133.